The van der Waals surface area contributed by atoms with E-state index in [9.17, 15) is 19.0 Å². The summed E-state index contributed by atoms with van der Waals surface area (Å²) in [4.78, 5) is 11.5. The molecule has 0 unspecified atom stereocenters. The zero-order valence-electron chi connectivity index (χ0n) is 15.4. The Morgan fingerprint density at radius 3 is 1.73 bits per heavy atom. The fourth-order valence-corrected chi connectivity index (χ4v) is 5.48. The van der Waals surface area contributed by atoms with Crippen LogP contribution in [0, 0.1) is 0 Å². The molecule has 0 saturated carbocycles. The van der Waals surface area contributed by atoms with Crippen molar-refractivity contribution in [2.45, 2.75) is 40.0 Å². The van der Waals surface area contributed by atoms with Crippen LogP contribution in [-0.2, 0) is 39.5 Å². The highest BCUT2D eigenvalue weighted by Crippen LogP contribution is 2.54. The number of aromatic carboxylic acids is 1. The maximum atomic E-state index is 12.7. The van der Waals surface area contributed by atoms with Gasteiger partial charge in [0.25, 0.3) is 0 Å². The summed E-state index contributed by atoms with van der Waals surface area (Å²) < 4.78 is 51.5. The van der Waals surface area contributed by atoms with Gasteiger partial charge in [0.15, 0.2) is 0 Å². The van der Waals surface area contributed by atoms with Crippen LogP contribution in [0.3, 0.4) is 0 Å². The molecular weight excluding hydrogens is 386 g/mol. The summed E-state index contributed by atoms with van der Waals surface area (Å²) in [6, 6.07) is 1.23. The van der Waals surface area contributed by atoms with Gasteiger partial charge in [-0.05, 0) is 33.8 Å². The van der Waals surface area contributed by atoms with Gasteiger partial charge in [-0.2, -0.15) is 0 Å². The first-order valence-electron chi connectivity index (χ1n) is 8.33. The summed E-state index contributed by atoms with van der Waals surface area (Å²) in [7, 11) is -7.03. The first-order valence-corrected chi connectivity index (χ1v) is 11.8. The van der Waals surface area contributed by atoms with Gasteiger partial charge < -0.3 is 27.6 Å². The third-order valence-corrected chi connectivity index (χ3v) is 7.06. The molecule has 0 amide bonds. The maximum Gasteiger partial charge on any atom is 0.339 e. The molecule has 26 heavy (non-hydrogen) atoms. The molecule has 0 fully saturated rings. The number of hydrogen-bond donors (Lipinski definition) is 1. The van der Waals surface area contributed by atoms with E-state index in [2.05, 4.69) is 0 Å². The lowest BCUT2D eigenvalue weighted by atomic mass is 10.2. The fraction of sp³-hybridized carbons (Fsp3) is 0.667. The number of carbonyl (C=O) groups is 1. The third-order valence-electron chi connectivity index (χ3n) is 3.08. The predicted octanol–water partition coefficient (Wildman–Crippen LogP) is 4.51. The molecule has 1 aromatic rings. The van der Waals surface area contributed by atoms with Crippen molar-refractivity contribution in [1.82, 2.24) is 0 Å². The minimum atomic E-state index is -3.56. The van der Waals surface area contributed by atoms with Crippen molar-refractivity contribution in [3.8, 4) is 0 Å². The zero-order chi connectivity index (χ0) is 19.8. The number of hydrogen-bond acceptors (Lipinski definition) is 8. The van der Waals surface area contributed by atoms with Crippen LogP contribution in [0.25, 0.3) is 0 Å². The minimum Gasteiger partial charge on any atom is -0.478 e. The maximum absolute atomic E-state index is 12.7. The molecule has 0 aliphatic rings. The third kappa shape index (κ3) is 6.65. The molecule has 1 rings (SSSR count). The van der Waals surface area contributed by atoms with E-state index in [0.29, 0.717) is 0 Å². The molecule has 0 aliphatic heterocycles. The molecule has 0 bridgehead atoms. The standard InChI is InChI=1S/C15H26O9P2/c1-5-20-25(18,21-6-2)10-12-9-13(15(16)17)14(24-12)11-26(19,22-7-3)23-8-4/h9H,5-8,10-11H2,1-4H3,(H,16,17). The number of carboxylic acids is 1. The second-order valence-electron chi connectivity index (χ2n) is 5.06. The lowest BCUT2D eigenvalue weighted by Gasteiger charge is -2.16. The molecule has 0 aliphatic carbocycles. The van der Waals surface area contributed by atoms with E-state index in [1.807, 2.05) is 0 Å². The van der Waals surface area contributed by atoms with Crippen molar-refractivity contribution >= 4 is 21.2 Å². The van der Waals surface area contributed by atoms with E-state index in [4.69, 9.17) is 22.5 Å². The number of rotatable bonds is 13. The Bertz CT molecular complexity index is 663. The van der Waals surface area contributed by atoms with Gasteiger partial charge in [0.2, 0.25) is 0 Å². The summed E-state index contributed by atoms with van der Waals surface area (Å²) in [5, 5.41) is 9.38. The Morgan fingerprint density at radius 2 is 1.35 bits per heavy atom. The van der Waals surface area contributed by atoms with Gasteiger partial charge in [0.05, 0.1) is 26.4 Å². The van der Waals surface area contributed by atoms with Gasteiger partial charge in [-0.25, -0.2) is 4.79 Å². The smallest absolute Gasteiger partial charge is 0.339 e. The molecule has 11 heteroatoms. The Hall–Kier alpha value is -0.950. The summed E-state index contributed by atoms with van der Waals surface area (Å²) in [6.07, 6.45) is -0.577. The summed E-state index contributed by atoms with van der Waals surface area (Å²) in [5.74, 6) is -1.24. The molecule has 1 N–H and O–H groups in total. The van der Waals surface area contributed by atoms with Gasteiger partial charge in [-0.15, -0.1) is 0 Å². The van der Waals surface area contributed by atoms with E-state index in [1.165, 1.54) is 6.07 Å². The molecule has 9 nitrogen and oxygen atoms in total. The van der Waals surface area contributed by atoms with E-state index >= 15 is 0 Å². The molecule has 0 aromatic carbocycles. The van der Waals surface area contributed by atoms with E-state index < -0.39 is 21.2 Å². The molecule has 1 aromatic heterocycles. The molecule has 150 valence electrons. The number of carboxylic acid groups (broad SMARTS) is 1. The van der Waals surface area contributed by atoms with Crippen LogP contribution < -0.4 is 0 Å². The quantitative estimate of drug-likeness (QED) is 0.466. The Labute approximate surface area is 153 Å². The van der Waals surface area contributed by atoms with Gasteiger partial charge in [-0.1, -0.05) is 0 Å². The van der Waals surface area contributed by atoms with Crippen molar-refractivity contribution in [2.24, 2.45) is 0 Å². The molecule has 1 heterocycles. The zero-order valence-corrected chi connectivity index (χ0v) is 17.2. The van der Waals surface area contributed by atoms with Crippen LogP contribution in [0.1, 0.15) is 49.6 Å². The van der Waals surface area contributed by atoms with Gasteiger partial charge in [0.1, 0.15) is 29.4 Å². The normalized spacial score (nSPS) is 12.5. The highest BCUT2D eigenvalue weighted by molar-refractivity contribution is 7.53. The van der Waals surface area contributed by atoms with Crippen molar-refractivity contribution in [1.29, 1.82) is 0 Å². The molecular formula is C15H26O9P2. The Morgan fingerprint density at radius 1 is 0.923 bits per heavy atom. The summed E-state index contributed by atoms with van der Waals surface area (Å²) >= 11 is 0. The van der Waals surface area contributed by atoms with E-state index in [1.54, 1.807) is 27.7 Å². The van der Waals surface area contributed by atoms with Crippen LogP contribution in [-0.4, -0.2) is 37.5 Å². The largest absolute Gasteiger partial charge is 0.478 e. The van der Waals surface area contributed by atoms with Crippen LogP contribution in [0.5, 0.6) is 0 Å². The monoisotopic (exact) mass is 412 g/mol. The average Bonchev–Trinajstić information content (AvgIpc) is 2.89. The van der Waals surface area contributed by atoms with Crippen LogP contribution in [0.4, 0.5) is 0 Å². The van der Waals surface area contributed by atoms with Crippen LogP contribution >= 0.6 is 15.2 Å². The van der Waals surface area contributed by atoms with Gasteiger partial charge >= 0.3 is 21.2 Å². The Balaban J connectivity index is 3.16. The van der Waals surface area contributed by atoms with Gasteiger partial charge in [-0.3, -0.25) is 9.13 Å². The lowest BCUT2D eigenvalue weighted by molar-refractivity contribution is 0.0694. The highest BCUT2D eigenvalue weighted by Gasteiger charge is 2.32. The average molecular weight is 412 g/mol. The SMILES string of the molecule is CCOP(=O)(Cc1cc(C(=O)O)c(CP(=O)(OCC)OCC)o1)OCC. The van der Waals surface area contributed by atoms with E-state index in [0.717, 1.165) is 0 Å². The topological polar surface area (TPSA) is 122 Å². The van der Waals surface area contributed by atoms with E-state index in [-0.39, 0.29) is 55.8 Å². The molecule has 0 saturated heterocycles. The first kappa shape index (κ1) is 23.1. The summed E-state index contributed by atoms with van der Waals surface area (Å²) in [5.41, 5.74) is -0.195. The minimum absolute atomic E-state index is 0.0720. The molecule has 0 radical (unpaired) electrons. The molecule has 0 atom stereocenters. The van der Waals surface area contributed by atoms with Crippen LogP contribution in [0.15, 0.2) is 10.5 Å². The first-order chi connectivity index (χ1) is 12.2. The second-order valence-corrected chi connectivity index (χ2v) is 9.17. The van der Waals surface area contributed by atoms with Gasteiger partial charge in [0, 0.05) is 0 Å². The summed E-state index contributed by atoms with van der Waals surface area (Å²) in [6.45, 7) is 7.25. The number of furan rings is 1. The highest BCUT2D eigenvalue weighted by atomic mass is 31.2. The molecule has 0 spiro atoms. The predicted molar refractivity (Wildman–Crippen MR) is 94.8 cm³/mol. The van der Waals surface area contributed by atoms with Crippen molar-refractivity contribution < 1.29 is 41.5 Å². The van der Waals surface area contributed by atoms with Crippen molar-refractivity contribution in [3.05, 3.63) is 23.2 Å². The second kappa shape index (κ2) is 10.4. The lowest BCUT2D eigenvalue weighted by Crippen LogP contribution is -2.03. The van der Waals surface area contributed by atoms with Crippen LogP contribution in [0.2, 0.25) is 0 Å². The van der Waals surface area contributed by atoms with Crippen molar-refractivity contribution in [2.75, 3.05) is 26.4 Å². The van der Waals surface area contributed by atoms with Crippen molar-refractivity contribution in [3.63, 3.8) is 0 Å². The fourth-order valence-electron chi connectivity index (χ4n) is 2.27. The Kier molecular flexibility index (Phi) is 9.24.